The molecule has 0 aliphatic carbocycles. The third kappa shape index (κ3) is 5.82. The number of carbonyl (C=O) groups is 2. The SMILES string of the molecule is CCNC(=NCC(C)(C)C(=O)NC)N1CCC(C(=O)N2CCOCC2)CC1. The zero-order valence-electron chi connectivity index (χ0n) is 17.2. The summed E-state index contributed by atoms with van der Waals surface area (Å²) < 4.78 is 5.34. The van der Waals surface area contributed by atoms with Crippen molar-refractivity contribution in [1.82, 2.24) is 20.4 Å². The molecule has 0 radical (unpaired) electrons. The average Bonchev–Trinajstić information content (AvgIpc) is 2.70. The maximum Gasteiger partial charge on any atom is 0.227 e. The maximum atomic E-state index is 12.7. The lowest BCUT2D eigenvalue weighted by Gasteiger charge is -2.37. The zero-order chi connectivity index (χ0) is 19.9. The van der Waals surface area contributed by atoms with E-state index in [9.17, 15) is 9.59 Å². The van der Waals surface area contributed by atoms with Crippen LogP contribution in [0.25, 0.3) is 0 Å². The van der Waals surface area contributed by atoms with E-state index in [0.717, 1.165) is 38.4 Å². The molecule has 0 aromatic carbocycles. The molecule has 2 fully saturated rings. The highest BCUT2D eigenvalue weighted by Gasteiger charge is 2.31. The Balaban J connectivity index is 1.93. The van der Waals surface area contributed by atoms with Crippen molar-refractivity contribution in [3.05, 3.63) is 0 Å². The van der Waals surface area contributed by atoms with Crippen LogP contribution in [0, 0.1) is 11.3 Å². The van der Waals surface area contributed by atoms with Gasteiger partial charge in [-0.2, -0.15) is 0 Å². The predicted octanol–water partition coefficient (Wildman–Crippen LogP) is 0.295. The molecular weight excluding hydrogens is 346 g/mol. The van der Waals surface area contributed by atoms with Crippen LogP contribution in [0.4, 0.5) is 0 Å². The van der Waals surface area contributed by atoms with Crippen LogP contribution in [0.3, 0.4) is 0 Å². The summed E-state index contributed by atoms with van der Waals surface area (Å²) >= 11 is 0. The lowest BCUT2D eigenvalue weighted by atomic mass is 9.92. The van der Waals surface area contributed by atoms with E-state index in [0.29, 0.717) is 32.8 Å². The molecule has 0 aromatic heterocycles. The van der Waals surface area contributed by atoms with Gasteiger partial charge in [0, 0.05) is 45.7 Å². The fourth-order valence-corrected chi connectivity index (χ4v) is 3.49. The molecule has 2 aliphatic heterocycles. The van der Waals surface area contributed by atoms with E-state index in [1.807, 2.05) is 25.7 Å². The fraction of sp³-hybridized carbons (Fsp3) is 0.842. The third-order valence-electron chi connectivity index (χ3n) is 5.27. The van der Waals surface area contributed by atoms with Crippen molar-refractivity contribution in [3.8, 4) is 0 Å². The molecule has 0 aromatic rings. The Labute approximate surface area is 162 Å². The molecule has 27 heavy (non-hydrogen) atoms. The number of carbonyl (C=O) groups excluding carboxylic acids is 2. The number of morpholine rings is 1. The van der Waals surface area contributed by atoms with Crippen molar-refractivity contribution in [2.75, 3.05) is 59.5 Å². The van der Waals surface area contributed by atoms with Crippen LogP contribution in [0.1, 0.15) is 33.6 Å². The number of likely N-dealkylation sites (tertiary alicyclic amines) is 1. The van der Waals surface area contributed by atoms with Gasteiger partial charge in [-0.15, -0.1) is 0 Å². The van der Waals surface area contributed by atoms with Crippen LogP contribution < -0.4 is 10.6 Å². The van der Waals surface area contributed by atoms with Crippen LogP contribution in [-0.2, 0) is 14.3 Å². The number of amides is 2. The molecule has 0 unspecified atom stereocenters. The Morgan fingerprint density at radius 2 is 1.74 bits per heavy atom. The van der Waals surface area contributed by atoms with Crippen LogP contribution in [0.5, 0.6) is 0 Å². The van der Waals surface area contributed by atoms with Gasteiger partial charge in [0.25, 0.3) is 0 Å². The van der Waals surface area contributed by atoms with Gasteiger partial charge in [0.2, 0.25) is 11.8 Å². The van der Waals surface area contributed by atoms with E-state index in [1.165, 1.54) is 0 Å². The molecule has 0 atom stereocenters. The summed E-state index contributed by atoms with van der Waals surface area (Å²) in [4.78, 5) is 33.5. The van der Waals surface area contributed by atoms with Gasteiger partial charge in [-0.25, -0.2) is 0 Å². The molecule has 2 N–H and O–H groups in total. The van der Waals surface area contributed by atoms with Crippen molar-refractivity contribution >= 4 is 17.8 Å². The number of ether oxygens (including phenoxy) is 1. The monoisotopic (exact) mass is 381 g/mol. The van der Waals surface area contributed by atoms with Gasteiger partial charge in [0.1, 0.15) is 0 Å². The smallest absolute Gasteiger partial charge is 0.227 e. The highest BCUT2D eigenvalue weighted by atomic mass is 16.5. The van der Waals surface area contributed by atoms with E-state index >= 15 is 0 Å². The second kappa shape index (κ2) is 9.92. The van der Waals surface area contributed by atoms with Gasteiger partial charge < -0.3 is 25.2 Å². The largest absolute Gasteiger partial charge is 0.378 e. The molecule has 154 valence electrons. The highest BCUT2D eigenvalue weighted by Crippen LogP contribution is 2.21. The second-order valence-corrected chi connectivity index (χ2v) is 7.83. The summed E-state index contributed by atoms with van der Waals surface area (Å²) in [6, 6.07) is 0. The Morgan fingerprint density at radius 3 is 2.30 bits per heavy atom. The normalized spacial score (nSPS) is 19.8. The van der Waals surface area contributed by atoms with Crippen LogP contribution in [0.15, 0.2) is 4.99 Å². The Hall–Kier alpha value is -1.83. The summed E-state index contributed by atoms with van der Waals surface area (Å²) in [5.41, 5.74) is -0.556. The van der Waals surface area contributed by atoms with E-state index in [-0.39, 0.29) is 17.7 Å². The molecule has 2 saturated heterocycles. The first-order valence-electron chi connectivity index (χ1n) is 10.0. The van der Waals surface area contributed by atoms with Gasteiger partial charge in [-0.1, -0.05) is 0 Å². The standard InChI is InChI=1S/C19H35N5O3/c1-5-21-18(22-14-19(2,3)17(26)20-4)24-8-6-15(7-9-24)16(25)23-10-12-27-13-11-23/h15H,5-14H2,1-4H3,(H,20,26)(H,21,22). The molecule has 0 bridgehead atoms. The molecule has 2 heterocycles. The number of piperidine rings is 1. The highest BCUT2D eigenvalue weighted by molar-refractivity contribution is 5.84. The first kappa shape index (κ1) is 21.5. The average molecular weight is 382 g/mol. The molecule has 2 amide bonds. The number of nitrogens with one attached hydrogen (secondary N) is 2. The van der Waals surface area contributed by atoms with Crippen molar-refractivity contribution < 1.29 is 14.3 Å². The van der Waals surface area contributed by atoms with Gasteiger partial charge in [0.05, 0.1) is 25.2 Å². The van der Waals surface area contributed by atoms with Crippen molar-refractivity contribution in [2.24, 2.45) is 16.3 Å². The fourth-order valence-electron chi connectivity index (χ4n) is 3.49. The molecule has 2 rings (SSSR count). The Kier molecular flexibility index (Phi) is 7.89. The summed E-state index contributed by atoms with van der Waals surface area (Å²) in [6.07, 6.45) is 1.67. The number of rotatable bonds is 5. The topological polar surface area (TPSA) is 86.3 Å². The molecule has 0 spiro atoms. The summed E-state index contributed by atoms with van der Waals surface area (Å²) in [5.74, 6) is 1.16. The van der Waals surface area contributed by atoms with Gasteiger partial charge in [0.15, 0.2) is 5.96 Å². The Bertz CT molecular complexity index is 535. The minimum absolute atomic E-state index is 0.0167. The second-order valence-electron chi connectivity index (χ2n) is 7.83. The lowest BCUT2D eigenvalue weighted by Crippen LogP contribution is -2.50. The summed E-state index contributed by atoms with van der Waals surface area (Å²) in [5, 5.41) is 6.02. The quantitative estimate of drug-likeness (QED) is 0.528. The van der Waals surface area contributed by atoms with Crippen molar-refractivity contribution in [1.29, 1.82) is 0 Å². The van der Waals surface area contributed by atoms with Crippen molar-refractivity contribution in [2.45, 2.75) is 33.6 Å². The van der Waals surface area contributed by atoms with Crippen molar-refractivity contribution in [3.63, 3.8) is 0 Å². The van der Waals surface area contributed by atoms with Crippen LogP contribution in [0.2, 0.25) is 0 Å². The number of aliphatic imine (C=N–C) groups is 1. The number of guanidine groups is 1. The van der Waals surface area contributed by atoms with E-state index < -0.39 is 5.41 Å². The number of hydrogen-bond donors (Lipinski definition) is 2. The summed E-state index contributed by atoms with van der Waals surface area (Å²) in [6.45, 7) is 11.3. The molecule has 2 aliphatic rings. The lowest BCUT2D eigenvalue weighted by molar-refractivity contribution is -0.140. The first-order chi connectivity index (χ1) is 12.9. The van der Waals surface area contributed by atoms with Gasteiger partial charge in [-0.3, -0.25) is 14.6 Å². The molecule has 8 heteroatoms. The minimum atomic E-state index is -0.556. The maximum absolute atomic E-state index is 12.7. The third-order valence-corrected chi connectivity index (χ3v) is 5.27. The van der Waals surface area contributed by atoms with E-state index in [2.05, 4.69) is 15.5 Å². The van der Waals surface area contributed by atoms with Crippen LogP contribution >= 0.6 is 0 Å². The minimum Gasteiger partial charge on any atom is -0.378 e. The van der Waals surface area contributed by atoms with Crippen LogP contribution in [-0.4, -0.2) is 87.1 Å². The zero-order valence-corrected chi connectivity index (χ0v) is 17.2. The predicted molar refractivity (Wildman–Crippen MR) is 106 cm³/mol. The molecule has 0 saturated carbocycles. The molecule has 8 nitrogen and oxygen atoms in total. The first-order valence-corrected chi connectivity index (χ1v) is 10.0. The van der Waals surface area contributed by atoms with Gasteiger partial charge >= 0.3 is 0 Å². The van der Waals surface area contributed by atoms with E-state index in [4.69, 9.17) is 9.73 Å². The van der Waals surface area contributed by atoms with Gasteiger partial charge in [-0.05, 0) is 33.6 Å². The van der Waals surface area contributed by atoms with E-state index in [1.54, 1.807) is 7.05 Å². The molecular formula is C19H35N5O3. The summed E-state index contributed by atoms with van der Waals surface area (Å²) in [7, 11) is 1.65. The number of hydrogen-bond acceptors (Lipinski definition) is 4. The Morgan fingerprint density at radius 1 is 1.11 bits per heavy atom. The number of nitrogens with zero attached hydrogens (tertiary/aromatic N) is 3.